The van der Waals surface area contributed by atoms with Crippen molar-refractivity contribution < 1.29 is 9.53 Å². The molecule has 1 N–H and O–H groups in total. The molecule has 0 radical (unpaired) electrons. The highest BCUT2D eigenvalue weighted by atomic mass is 35.5. The average Bonchev–Trinajstić information content (AvgIpc) is 3.09. The van der Waals surface area contributed by atoms with Gasteiger partial charge in [-0.2, -0.15) is 0 Å². The first-order chi connectivity index (χ1) is 14.5. The molecule has 3 rings (SSSR count). The Morgan fingerprint density at radius 1 is 1.30 bits per heavy atom. The predicted octanol–water partition coefficient (Wildman–Crippen LogP) is 6.02. The molecule has 1 amide bonds. The largest absolute Gasteiger partial charge is 0.496 e. The van der Waals surface area contributed by atoms with Gasteiger partial charge in [-0.05, 0) is 43.9 Å². The number of carbonyl (C=O) groups is 1. The van der Waals surface area contributed by atoms with E-state index in [0.29, 0.717) is 23.0 Å². The van der Waals surface area contributed by atoms with Crippen LogP contribution in [0.3, 0.4) is 0 Å². The van der Waals surface area contributed by atoms with Crippen LogP contribution < -0.4 is 10.1 Å². The Labute approximate surface area is 185 Å². The zero-order chi connectivity index (χ0) is 21.5. The van der Waals surface area contributed by atoms with E-state index >= 15 is 0 Å². The van der Waals surface area contributed by atoms with Crippen LogP contribution in [0.15, 0.2) is 18.2 Å². The summed E-state index contributed by atoms with van der Waals surface area (Å²) < 4.78 is 7.76. The van der Waals surface area contributed by atoms with Crippen molar-refractivity contribution in [2.24, 2.45) is 5.92 Å². The lowest BCUT2D eigenvalue weighted by Crippen LogP contribution is -2.25. The maximum atomic E-state index is 12.8. The lowest BCUT2D eigenvalue weighted by Gasteiger charge is -2.22. The minimum Gasteiger partial charge on any atom is -0.496 e. The molecule has 164 valence electrons. The summed E-state index contributed by atoms with van der Waals surface area (Å²) in [5, 5.41) is 3.63. The van der Waals surface area contributed by atoms with Crippen molar-refractivity contribution in [3.8, 4) is 17.1 Å². The van der Waals surface area contributed by atoms with E-state index in [2.05, 4.69) is 16.8 Å². The van der Waals surface area contributed by atoms with Crippen molar-refractivity contribution in [3.05, 3.63) is 34.6 Å². The van der Waals surface area contributed by atoms with Crippen molar-refractivity contribution in [2.75, 3.05) is 13.7 Å². The molecular formula is C24H34ClN3O2. The number of carbonyl (C=O) groups excluding carboxylic acids is 1. The van der Waals surface area contributed by atoms with Crippen LogP contribution in [0.4, 0.5) is 0 Å². The van der Waals surface area contributed by atoms with E-state index in [1.54, 1.807) is 7.11 Å². The molecule has 1 aliphatic carbocycles. The number of halogens is 1. The summed E-state index contributed by atoms with van der Waals surface area (Å²) in [6.45, 7) is 5.61. The maximum Gasteiger partial charge on any atom is 0.271 e. The number of rotatable bonds is 9. The second-order valence-corrected chi connectivity index (χ2v) is 8.70. The second kappa shape index (κ2) is 10.9. The van der Waals surface area contributed by atoms with Crippen LogP contribution in [-0.2, 0) is 6.54 Å². The molecule has 6 heteroatoms. The number of benzene rings is 1. The highest BCUT2D eigenvalue weighted by Gasteiger charge is 2.23. The van der Waals surface area contributed by atoms with Gasteiger partial charge in [-0.1, -0.05) is 57.0 Å². The quantitative estimate of drug-likeness (QED) is 0.494. The lowest BCUT2D eigenvalue weighted by atomic mass is 9.87. The molecular weight excluding hydrogens is 398 g/mol. The summed E-state index contributed by atoms with van der Waals surface area (Å²) in [5.74, 6) is 2.10. The number of nitrogens with one attached hydrogen (secondary N) is 1. The number of nitrogens with zero attached hydrogens (tertiary/aromatic N) is 2. The monoisotopic (exact) mass is 431 g/mol. The lowest BCUT2D eigenvalue weighted by molar-refractivity contribution is 0.0948. The van der Waals surface area contributed by atoms with Crippen LogP contribution in [0, 0.1) is 12.8 Å². The third-order valence-electron chi connectivity index (χ3n) is 6.14. The van der Waals surface area contributed by atoms with Crippen LogP contribution in [0.25, 0.3) is 11.4 Å². The fourth-order valence-electron chi connectivity index (χ4n) is 4.33. The molecule has 1 aromatic heterocycles. The van der Waals surface area contributed by atoms with Crippen molar-refractivity contribution in [1.82, 2.24) is 14.9 Å². The Morgan fingerprint density at radius 3 is 2.77 bits per heavy atom. The van der Waals surface area contributed by atoms with Gasteiger partial charge in [0.1, 0.15) is 17.3 Å². The van der Waals surface area contributed by atoms with Crippen molar-refractivity contribution in [1.29, 1.82) is 0 Å². The smallest absolute Gasteiger partial charge is 0.271 e. The van der Waals surface area contributed by atoms with Gasteiger partial charge in [0.25, 0.3) is 5.91 Å². The number of ether oxygens (including phenoxy) is 1. The third kappa shape index (κ3) is 5.37. The zero-order valence-corrected chi connectivity index (χ0v) is 19.2. The number of amides is 1. The Kier molecular flexibility index (Phi) is 8.20. The first-order valence-corrected chi connectivity index (χ1v) is 11.6. The molecule has 1 fully saturated rings. The summed E-state index contributed by atoms with van der Waals surface area (Å²) in [6, 6.07) is 5.54. The van der Waals surface area contributed by atoms with Crippen molar-refractivity contribution >= 4 is 17.5 Å². The molecule has 0 bridgehead atoms. The predicted molar refractivity (Wildman–Crippen MR) is 122 cm³/mol. The molecule has 0 atom stereocenters. The Hall–Kier alpha value is -2.01. The van der Waals surface area contributed by atoms with Gasteiger partial charge in [-0.25, -0.2) is 4.98 Å². The van der Waals surface area contributed by atoms with E-state index in [1.165, 1.54) is 32.1 Å². The van der Waals surface area contributed by atoms with Crippen LogP contribution >= 0.6 is 11.6 Å². The molecule has 0 aliphatic heterocycles. The zero-order valence-electron chi connectivity index (χ0n) is 18.5. The number of methoxy groups -OCH3 is 1. The summed E-state index contributed by atoms with van der Waals surface area (Å²) in [6.07, 6.45) is 9.71. The van der Waals surface area contributed by atoms with Crippen LogP contribution in [0.5, 0.6) is 5.75 Å². The molecule has 1 heterocycles. The Bertz CT molecular complexity index is 856. The van der Waals surface area contributed by atoms with Gasteiger partial charge in [0, 0.05) is 23.8 Å². The number of imidazole rings is 1. The third-order valence-corrected chi connectivity index (χ3v) is 6.38. The molecule has 0 saturated heterocycles. The summed E-state index contributed by atoms with van der Waals surface area (Å²) >= 11 is 6.30. The first-order valence-electron chi connectivity index (χ1n) is 11.2. The molecule has 30 heavy (non-hydrogen) atoms. The van der Waals surface area contributed by atoms with E-state index in [4.69, 9.17) is 21.3 Å². The summed E-state index contributed by atoms with van der Waals surface area (Å²) in [5.41, 5.74) is 2.22. The normalized spacial score (nSPS) is 14.7. The van der Waals surface area contributed by atoms with Gasteiger partial charge in [0.2, 0.25) is 0 Å². The fourth-order valence-corrected chi connectivity index (χ4v) is 4.51. The second-order valence-electron chi connectivity index (χ2n) is 8.27. The molecule has 2 aromatic rings. The molecule has 5 nitrogen and oxygen atoms in total. The van der Waals surface area contributed by atoms with Gasteiger partial charge in [0.05, 0.1) is 12.7 Å². The Morgan fingerprint density at radius 2 is 2.07 bits per heavy atom. The van der Waals surface area contributed by atoms with Gasteiger partial charge in [0.15, 0.2) is 0 Å². The minimum atomic E-state index is -0.111. The van der Waals surface area contributed by atoms with Crippen molar-refractivity contribution in [3.63, 3.8) is 0 Å². The van der Waals surface area contributed by atoms with Gasteiger partial charge in [-0.3, -0.25) is 4.79 Å². The number of hydrogen-bond acceptors (Lipinski definition) is 3. The average molecular weight is 432 g/mol. The van der Waals surface area contributed by atoms with Gasteiger partial charge in [-0.15, -0.1) is 0 Å². The molecule has 1 saturated carbocycles. The highest BCUT2D eigenvalue weighted by molar-refractivity contribution is 6.30. The van der Waals surface area contributed by atoms with Crippen LogP contribution in [-0.4, -0.2) is 29.1 Å². The molecule has 1 aliphatic rings. The number of aromatic nitrogens is 2. The maximum absolute atomic E-state index is 12.8. The van der Waals surface area contributed by atoms with Crippen LogP contribution in [0.1, 0.15) is 74.5 Å². The number of hydrogen-bond donors (Lipinski definition) is 1. The molecule has 0 spiro atoms. The van der Waals surface area contributed by atoms with Gasteiger partial charge >= 0.3 is 0 Å². The van der Waals surface area contributed by atoms with E-state index in [1.807, 2.05) is 25.1 Å². The topological polar surface area (TPSA) is 56.1 Å². The van der Waals surface area contributed by atoms with E-state index in [-0.39, 0.29) is 5.91 Å². The van der Waals surface area contributed by atoms with E-state index < -0.39 is 0 Å². The highest BCUT2D eigenvalue weighted by Crippen LogP contribution is 2.34. The summed E-state index contributed by atoms with van der Waals surface area (Å²) in [7, 11) is 1.65. The Balaban J connectivity index is 1.95. The summed E-state index contributed by atoms with van der Waals surface area (Å²) in [4.78, 5) is 17.6. The SMILES string of the molecule is CCCCNC(=O)c1nc(-c2cc(Cl)ccc2OC)n(CCC2CCCCC2)c1C. The standard InChI is InChI=1S/C24H34ClN3O2/c1-4-5-14-26-24(29)22-17(2)28(15-13-18-9-7-6-8-10-18)23(27-22)20-16-19(25)11-12-21(20)30-3/h11-12,16,18H,4-10,13-15H2,1-3H3,(H,26,29). The minimum absolute atomic E-state index is 0.111. The number of unbranched alkanes of at least 4 members (excludes halogenated alkanes) is 1. The van der Waals surface area contributed by atoms with E-state index in [9.17, 15) is 4.79 Å². The van der Waals surface area contributed by atoms with Crippen LogP contribution in [0.2, 0.25) is 5.02 Å². The van der Waals surface area contributed by atoms with Crippen molar-refractivity contribution in [2.45, 2.75) is 71.8 Å². The molecule has 1 aromatic carbocycles. The van der Waals surface area contributed by atoms with Gasteiger partial charge < -0.3 is 14.6 Å². The molecule has 0 unspecified atom stereocenters. The van der Waals surface area contributed by atoms with E-state index in [0.717, 1.165) is 48.8 Å². The fraction of sp³-hybridized carbons (Fsp3) is 0.583. The first kappa shape index (κ1) is 22.7.